The van der Waals surface area contributed by atoms with Gasteiger partial charge in [0.2, 0.25) is 0 Å². The SMILES string of the molecule is CCNC(=NCCCOCC)NCCc1c[nH]c2ccccc12. The van der Waals surface area contributed by atoms with Gasteiger partial charge in [0.25, 0.3) is 0 Å². The number of guanidine groups is 1. The van der Waals surface area contributed by atoms with E-state index in [1.165, 1.54) is 16.5 Å². The Kier molecular flexibility index (Phi) is 7.46. The van der Waals surface area contributed by atoms with Crippen molar-refractivity contribution in [2.24, 2.45) is 4.99 Å². The molecule has 0 amide bonds. The normalized spacial score (nSPS) is 11.8. The number of aromatic amines is 1. The molecule has 0 saturated carbocycles. The van der Waals surface area contributed by atoms with Crippen molar-refractivity contribution in [2.45, 2.75) is 26.7 Å². The number of hydrogen-bond donors (Lipinski definition) is 3. The first-order chi connectivity index (χ1) is 11.3. The summed E-state index contributed by atoms with van der Waals surface area (Å²) in [5, 5.41) is 7.98. The lowest BCUT2D eigenvalue weighted by atomic mass is 10.1. The van der Waals surface area contributed by atoms with Gasteiger partial charge in [-0.1, -0.05) is 18.2 Å². The van der Waals surface area contributed by atoms with E-state index in [-0.39, 0.29) is 0 Å². The van der Waals surface area contributed by atoms with Crippen LogP contribution in [0.15, 0.2) is 35.5 Å². The second-order valence-corrected chi connectivity index (χ2v) is 5.35. The van der Waals surface area contributed by atoms with Crippen LogP contribution in [0.5, 0.6) is 0 Å². The summed E-state index contributed by atoms with van der Waals surface area (Å²) in [4.78, 5) is 7.89. The summed E-state index contributed by atoms with van der Waals surface area (Å²) >= 11 is 0. The number of H-pyrrole nitrogens is 1. The van der Waals surface area contributed by atoms with Crippen LogP contribution in [0, 0.1) is 0 Å². The fraction of sp³-hybridized carbons (Fsp3) is 0.500. The molecule has 126 valence electrons. The highest BCUT2D eigenvalue weighted by Gasteiger charge is 2.03. The van der Waals surface area contributed by atoms with Crippen LogP contribution in [0.1, 0.15) is 25.8 Å². The Hall–Kier alpha value is -2.01. The van der Waals surface area contributed by atoms with Gasteiger partial charge < -0.3 is 20.4 Å². The number of aromatic nitrogens is 1. The summed E-state index contributed by atoms with van der Waals surface area (Å²) in [6.07, 6.45) is 4.01. The van der Waals surface area contributed by atoms with Crippen molar-refractivity contribution < 1.29 is 4.74 Å². The highest BCUT2D eigenvalue weighted by Crippen LogP contribution is 2.17. The van der Waals surface area contributed by atoms with Crippen molar-refractivity contribution in [2.75, 3.05) is 32.8 Å². The molecule has 0 saturated heterocycles. The number of nitrogens with one attached hydrogen (secondary N) is 3. The topological polar surface area (TPSA) is 61.4 Å². The Morgan fingerprint density at radius 2 is 2.09 bits per heavy atom. The van der Waals surface area contributed by atoms with E-state index in [0.29, 0.717) is 0 Å². The van der Waals surface area contributed by atoms with Gasteiger partial charge in [0.1, 0.15) is 0 Å². The summed E-state index contributed by atoms with van der Waals surface area (Å²) < 4.78 is 5.33. The first kappa shape index (κ1) is 17.3. The molecule has 0 atom stereocenters. The zero-order valence-electron chi connectivity index (χ0n) is 14.2. The molecule has 5 heteroatoms. The van der Waals surface area contributed by atoms with Crippen molar-refractivity contribution in [3.05, 3.63) is 36.0 Å². The van der Waals surface area contributed by atoms with E-state index in [1.807, 2.05) is 6.92 Å². The molecule has 0 aliphatic carbocycles. The Morgan fingerprint density at radius 1 is 1.22 bits per heavy atom. The van der Waals surface area contributed by atoms with E-state index >= 15 is 0 Å². The molecule has 3 N–H and O–H groups in total. The van der Waals surface area contributed by atoms with Crippen LogP contribution < -0.4 is 10.6 Å². The molecule has 1 aromatic carbocycles. The third-order valence-corrected chi connectivity index (χ3v) is 3.63. The van der Waals surface area contributed by atoms with E-state index in [2.05, 4.69) is 58.0 Å². The third kappa shape index (κ3) is 5.60. The van der Waals surface area contributed by atoms with Gasteiger partial charge >= 0.3 is 0 Å². The van der Waals surface area contributed by atoms with E-state index in [0.717, 1.165) is 51.6 Å². The minimum absolute atomic E-state index is 0.770. The van der Waals surface area contributed by atoms with Gasteiger partial charge in [-0.2, -0.15) is 0 Å². The predicted octanol–water partition coefficient (Wildman–Crippen LogP) is 2.69. The molecule has 23 heavy (non-hydrogen) atoms. The second kappa shape index (κ2) is 9.90. The lowest BCUT2D eigenvalue weighted by Gasteiger charge is -2.11. The summed E-state index contributed by atoms with van der Waals surface area (Å²) in [6.45, 7) is 8.14. The number of para-hydroxylation sites is 1. The van der Waals surface area contributed by atoms with E-state index in [9.17, 15) is 0 Å². The Bertz CT molecular complexity index is 606. The zero-order chi connectivity index (χ0) is 16.3. The average Bonchev–Trinajstić information content (AvgIpc) is 2.98. The van der Waals surface area contributed by atoms with Gasteiger partial charge in [-0.05, 0) is 38.3 Å². The van der Waals surface area contributed by atoms with Crippen LogP contribution in [0.25, 0.3) is 10.9 Å². The summed E-state index contributed by atoms with van der Waals surface area (Å²) in [7, 11) is 0. The molecule has 1 heterocycles. The molecule has 1 aromatic heterocycles. The van der Waals surface area contributed by atoms with Crippen molar-refractivity contribution in [3.63, 3.8) is 0 Å². The lowest BCUT2D eigenvalue weighted by molar-refractivity contribution is 0.146. The van der Waals surface area contributed by atoms with E-state index in [1.54, 1.807) is 0 Å². The van der Waals surface area contributed by atoms with Crippen molar-refractivity contribution in [3.8, 4) is 0 Å². The van der Waals surface area contributed by atoms with Gasteiger partial charge in [-0.3, -0.25) is 4.99 Å². The fourth-order valence-electron chi connectivity index (χ4n) is 2.50. The Labute approximate surface area is 138 Å². The number of rotatable bonds is 9. The Balaban J connectivity index is 1.80. The van der Waals surface area contributed by atoms with Crippen LogP contribution in [0.2, 0.25) is 0 Å². The molecule has 5 nitrogen and oxygen atoms in total. The summed E-state index contributed by atoms with van der Waals surface area (Å²) in [5.74, 6) is 0.879. The molecule has 2 rings (SSSR count). The molecular formula is C18H28N4O. The minimum atomic E-state index is 0.770. The highest BCUT2D eigenvalue weighted by atomic mass is 16.5. The highest BCUT2D eigenvalue weighted by molar-refractivity contribution is 5.83. The van der Waals surface area contributed by atoms with Crippen LogP contribution >= 0.6 is 0 Å². The standard InChI is InChI=1S/C18H28N4O/c1-3-19-18(20-11-7-13-23-4-2)21-12-10-15-14-22-17-9-6-5-8-16(15)17/h5-6,8-9,14,22H,3-4,7,10-13H2,1-2H3,(H2,19,20,21). The van der Waals surface area contributed by atoms with Gasteiger partial charge in [0, 0.05) is 49.9 Å². The number of benzene rings is 1. The molecule has 0 unspecified atom stereocenters. The maximum absolute atomic E-state index is 5.33. The van der Waals surface area contributed by atoms with E-state index in [4.69, 9.17) is 4.74 Å². The summed E-state index contributed by atoms with van der Waals surface area (Å²) in [5.41, 5.74) is 2.53. The monoisotopic (exact) mass is 316 g/mol. The van der Waals surface area contributed by atoms with Crippen molar-refractivity contribution in [1.82, 2.24) is 15.6 Å². The number of hydrogen-bond acceptors (Lipinski definition) is 2. The van der Waals surface area contributed by atoms with Crippen LogP contribution in [-0.4, -0.2) is 43.8 Å². The maximum atomic E-state index is 5.33. The molecular weight excluding hydrogens is 288 g/mol. The van der Waals surface area contributed by atoms with Gasteiger partial charge in [-0.25, -0.2) is 0 Å². The third-order valence-electron chi connectivity index (χ3n) is 3.63. The first-order valence-corrected chi connectivity index (χ1v) is 8.50. The van der Waals surface area contributed by atoms with Crippen LogP contribution in [0.4, 0.5) is 0 Å². The van der Waals surface area contributed by atoms with Crippen molar-refractivity contribution >= 4 is 16.9 Å². The van der Waals surface area contributed by atoms with Gasteiger partial charge in [0.15, 0.2) is 5.96 Å². The Morgan fingerprint density at radius 3 is 2.91 bits per heavy atom. The molecule has 0 radical (unpaired) electrons. The van der Waals surface area contributed by atoms with E-state index < -0.39 is 0 Å². The first-order valence-electron chi connectivity index (χ1n) is 8.50. The molecule has 0 fully saturated rings. The molecule has 0 spiro atoms. The minimum Gasteiger partial charge on any atom is -0.382 e. The molecule has 2 aromatic rings. The van der Waals surface area contributed by atoms with Crippen LogP contribution in [0.3, 0.4) is 0 Å². The number of ether oxygens (including phenoxy) is 1. The number of nitrogens with zero attached hydrogens (tertiary/aromatic N) is 1. The zero-order valence-corrected chi connectivity index (χ0v) is 14.2. The fourth-order valence-corrected chi connectivity index (χ4v) is 2.50. The number of aliphatic imine (C=N–C) groups is 1. The maximum Gasteiger partial charge on any atom is 0.191 e. The molecule has 0 bridgehead atoms. The van der Waals surface area contributed by atoms with Crippen molar-refractivity contribution in [1.29, 1.82) is 0 Å². The largest absolute Gasteiger partial charge is 0.382 e. The predicted molar refractivity (Wildman–Crippen MR) is 97.1 cm³/mol. The molecule has 0 aliphatic heterocycles. The average molecular weight is 316 g/mol. The lowest BCUT2D eigenvalue weighted by Crippen LogP contribution is -2.38. The smallest absolute Gasteiger partial charge is 0.191 e. The van der Waals surface area contributed by atoms with Gasteiger partial charge in [-0.15, -0.1) is 0 Å². The second-order valence-electron chi connectivity index (χ2n) is 5.35. The van der Waals surface area contributed by atoms with Gasteiger partial charge in [0.05, 0.1) is 0 Å². The van der Waals surface area contributed by atoms with Crippen LogP contribution in [-0.2, 0) is 11.2 Å². The quantitative estimate of drug-likeness (QED) is 0.379. The molecule has 0 aliphatic rings. The summed E-state index contributed by atoms with van der Waals surface area (Å²) in [6, 6.07) is 8.40. The number of fused-ring (bicyclic) bond motifs is 1.